The predicted octanol–water partition coefficient (Wildman–Crippen LogP) is 3.18. The van der Waals surface area contributed by atoms with Crippen molar-refractivity contribution < 1.29 is 17.9 Å². The van der Waals surface area contributed by atoms with Crippen LogP contribution in [0.15, 0.2) is 41.3 Å². The first-order valence-corrected chi connectivity index (χ1v) is 10.2. The van der Waals surface area contributed by atoms with Crippen LogP contribution >= 0.6 is 0 Å². The maximum Gasteiger partial charge on any atom is 0.262 e. The maximum atomic E-state index is 13.0. The fourth-order valence-corrected chi connectivity index (χ4v) is 4.61. The first kappa shape index (κ1) is 20.9. The minimum absolute atomic E-state index is 0.239. The maximum absolute atomic E-state index is 13.0. The quantitative estimate of drug-likeness (QED) is 0.678. The van der Waals surface area contributed by atoms with Crippen molar-refractivity contribution in [1.29, 1.82) is 0 Å². The van der Waals surface area contributed by atoms with E-state index in [1.54, 1.807) is 45.2 Å². The first-order chi connectivity index (χ1) is 12.8. The van der Waals surface area contributed by atoms with Crippen LogP contribution in [0.4, 0.5) is 5.69 Å². The van der Waals surface area contributed by atoms with Gasteiger partial charge in [-0.05, 0) is 50.5 Å². The molecule has 6 nitrogen and oxygen atoms in total. The lowest BCUT2D eigenvalue weighted by Crippen LogP contribution is -2.27. The van der Waals surface area contributed by atoms with Gasteiger partial charge in [0.15, 0.2) is 0 Å². The third-order valence-corrected chi connectivity index (χ3v) is 5.77. The highest BCUT2D eigenvalue weighted by Crippen LogP contribution is 2.25. The number of nitrogens with one attached hydrogen (secondary N) is 2. The van der Waals surface area contributed by atoms with Crippen LogP contribution in [-0.4, -0.2) is 34.6 Å². The molecule has 0 aliphatic rings. The number of hydrogen-bond donors (Lipinski definition) is 2. The molecule has 0 spiro atoms. The first-order valence-electron chi connectivity index (χ1n) is 8.73. The lowest BCUT2D eigenvalue weighted by atomic mass is 10.1. The number of anilines is 1. The van der Waals surface area contributed by atoms with Crippen LogP contribution in [0.25, 0.3) is 0 Å². The van der Waals surface area contributed by atoms with Crippen molar-refractivity contribution >= 4 is 21.6 Å². The van der Waals surface area contributed by atoms with Gasteiger partial charge in [0.1, 0.15) is 0 Å². The van der Waals surface area contributed by atoms with E-state index in [-0.39, 0.29) is 22.1 Å². The molecule has 146 valence electrons. The average molecular weight is 391 g/mol. The predicted molar refractivity (Wildman–Crippen MR) is 107 cm³/mol. The van der Waals surface area contributed by atoms with Crippen LogP contribution < -0.4 is 10.0 Å². The number of benzene rings is 2. The van der Waals surface area contributed by atoms with E-state index in [4.69, 9.17) is 4.74 Å². The minimum atomic E-state index is -3.83. The highest BCUT2D eigenvalue weighted by atomic mass is 32.2. The van der Waals surface area contributed by atoms with Crippen molar-refractivity contribution in [3.05, 3.63) is 58.7 Å². The molecule has 2 N–H and O–H groups in total. The van der Waals surface area contributed by atoms with Crippen molar-refractivity contribution in [2.75, 3.05) is 25.0 Å². The molecule has 2 aromatic carbocycles. The number of rotatable bonds is 8. The molecule has 0 atom stereocenters. The van der Waals surface area contributed by atoms with Crippen molar-refractivity contribution in [1.82, 2.24) is 5.32 Å². The fourth-order valence-electron chi connectivity index (χ4n) is 3.07. The molecule has 7 heteroatoms. The molecule has 0 saturated heterocycles. The second kappa shape index (κ2) is 9.01. The zero-order chi connectivity index (χ0) is 20.0. The summed E-state index contributed by atoms with van der Waals surface area (Å²) in [7, 11) is -2.23. The number of ether oxygens (including phenoxy) is 1. The second-order valence-corrected chi connectivity index (χ2v) is 8.10. The molecule has 0 heterocycles. The molecule has 0 unspecified atom stereocenters. The van der Waals surface area contributed by atoms with Gasteiger partial charge in [-0.25, -0.2) is 8.42 Å². The van der Waals surface area contributed by atoms with E-state index in [0.29, 0.717) is 30.7 Å². The number of methoxy groups -OCH3 is 1. The van der Waals surface area contributed by atoms with Crippen molar-refractivity contribution in [3.8, 4) is 0 Å². The van der Waals surface area contributed by atoms with Gasteiger partial charge < -0.3 is 10.1 Å². The number of carbonyl (C=O) groups is 1. The summed E-state index contributed by atoms with van der Waals surface area (Å²) in [5.41, 5.74) is 2.87. The Hall–Kier alpha value is -2.38. The van der Waals surface area contributed by atoms with Gasteiger partial charge in [0.25, 0.3) is 15.9 Å². The van der Waals surface area contributed by atoms with Crippen LogP contribution in [0.3, 0.4) is 0 Å². The topological polar surface area (TPSA) is 84.5 Å². The lowest BCUT2D eigenvalue weighted by Gasteiger charge is -2.16. The van der Waals surface area contributed by atoms with E-state index in [2.05, 4.69) is 10.0 Å². The number of carbonyl (C=O) groups excluding carboxylic acids is 1. The summed E-state index contributed by atoms with van der Waals surface area (Å²) in [4.78, 5) is 12.7. The summed E-state index contributed by atoms with van der Waals surface area (Å²) in [6, 6.07) is 10.2. The van der Waals surface area contributed by atoms with Gasteiger partial charge in [0, 0.05) is 20.3 Å². The summed E-state index contributed by atoms with van der Waals surface area (Å²) in [5, 5.41) is 2.78. The van der Waals surface area contributed by atoms with Gasteiger partial charge in [-0.3, -0.25) is 9.52 Å². The molecule has 2 rings (SSSR count). The largest absolute Gasteiger partial charge is 0.385 e. The Morgan fingerprint density at radius 1 is 1.07 bits per heavy atom. The number of para-hydroxylation sites is 1. The number of aryl methyl sites for hydroxylation is 3. The van der Waals surface area contributed by atoms with Gasteiger partial charge in [0.05, 0.1) is 16.1 Å². The molecular formula is C20H26N2O4S. The number of amides is 1. The molecule has 27 heavy (non-hydrogen) atoms. The van der Waals surface area contributed by atoms with E-state index in [1.807, 2.05) is 19.1 Å². The summed E-state index contributed by atoms with van der Waals surface area (Å²) in [6.45, 7) is 6.45. The molecule has 0 saturated carbocycles. The highest BCUT2D eigenvalue weighted by Gasteiger charge is 2.22. The number of hydrogen-bond acceptors (Lipinski definition) is 4. The summed E-state index contributed by atoms with van der Waals surface area (Å²) in [5.74, 6) is -0.332. The highest BCUT2D eigenvalue weighted by molar-refractivity contribution is 7.92. The molecule has 0 bridgehead atoms. The normalized spacial score (nSPS) is 11.3. The Morgan fingerprint density at radius 3 is 2.33 bits per heavy atom. The molecule has 0 aliphatic carbocycles. The van der Waals surface area contributed by atoms with Gasteiger partial charge in [-0.2, -0.15) is 0 Å². The molecule has 2 aromatic rings. The molecular weight excluding hydrogens is 364 g/mol. The van der Waals surface area contributed by atoms with E-state index in [9.17, 15) is 13.2 Å². The van der Waals surface area contributed by atoms with E-state index < -0.39 is 10.0 Å². The summed E-state index contributed by atoms with van der Waals surface area (Å²) < 4.78 is 33.5. The van der Waals surface area contributed by atoms with Gasteiger partial charge in [-0.15, -0.1) is 0 Å². The van der Waals surface area contributed by atoms with Crippen LogP contribution in [0.5, 0.6) is 0 Å². The number of sulfonamides is 1. The summed E-state index contributed by atoms with van der Waals surface area (Å²) >= 11 is 0. The lowest BCUT2D eigenvalue weighted by molar-refractivity contribution is 0.0949. The van der Waals surface area contributed by atoms with Crippen LogP contribution in [-0.2, 0) is 14.8 Å². The van der Waals surface area contributed by atoms with Crippen LogP contribution in [0, 0.1) is 20.8 Å². The molecule has 0 aliphatic heterocycles. The monoisotopic (exact) mass is 390 g/mol. The Labute approximate surface area is 161 Å². The van der Waals surface area contributed by atoms with E-state index in [1.165, 1.54) is 0 Å². The van der Waals surface area contributed by atoms with Crippen molar-refractivity contribution in [2.24, 2.45) is 0 Å². The van der Waals surface area contributed by atoms with Crippen LogP contribution in [0.2, 0.25) is 0 Å². The Morgan fingerprint density at radius 2 is 1.70 bits per heavy atom. The van der Waals surface area contributed by atoms with Crippen LogP contribution in [0.1, 0.15) is 33.5 Å². The Balaban J connectivity index is 2.29. The van der Waals surface area contributed by atoms with Gasteiger partial charge in [0.2, 0.25) is 0 Å². The molecule has 0 aromatic heterocycles. The molecule has 0 fully saturated rings. The zero-order valence-electron chi connectivity index (χ0n) is 16.1. The second-order valence-electron chi connectivity index (χ2n) is 6.48. The molecule has 0 radical (unpaired) electrons. The van der Waals surface area contributed by atoms with E-state index >= 15 is 0 Å². The van der Waals surface area contributed by atoms with Crippen molar-refractivity contribution in [3.63, 3.8) is 0 Å². The van der Waals surface area contributed by atoms with Crippen molar-refractivity contribution in [2.45, 2.75) is 32.1 Å². The smallest absolute Gasteiger partial charge is 0.262 e. The standard InChI is InChI=1S/C20H26N2O4S/c1-14-12-15(2)19(16(3)13-14)27(24,25)22-18-9-6-5-8-17(18)20(23)21-10-7-11-26-4/h5-6,8-9,12-13,22H,7,10-11H2,1-4H3,(H,21,23). The zero-order valence-corrected chi connectivity index (χ0v) is 16.9. The third-order valence-electron chi connectivity index (χ3n) is 4.10. The Bertz CT molecular complexity index is 900. The van der Waals surface area contributed by atoms with E-state index in [0.717, 1.165) is 5.56 Å². The minimum Gasteiger partial charge on any atom is -0.385 e. The van der Waals surface area contributed by atoms with Gasteiger partial charge >= 0.3 is 0 Å². The summed E-state index contributed by atoms with van der Waals surface area (Å²) in [6.07, 6.45) is 0.678. The molecule has 1 amide bonds. The fraction of sp³-hybridized carbons (Fsp3) is 0.350. The third kappa shape index (κ3) is 5.30. The average Bonchev–Trinajstić information content (AvgIpc) is 2.57. The van der Waals surface area contributed by atoms with Gasteiger partial charge in [-0.1, -0.05) is 29.8 Å². The SMILES string of the molecule is COCCCNC(=O)c1ccccc1NS(=O)(=O)c1c(C)cc(C)cc1C. The Kier molecular flexibility index (Phi) is 6.98.